The van der Waals surface area contributed by atoms with Crippen molar-refractivity contribution in [3.63, 3.8) is 0 Å². The van der Waals surface area contributed by atoms with Gasteiger partial charge in [-0.25, -0.2) is 4.98 Å². The highest BCUT2D eigenvalue weighted by atomic mass is 16.1. The fourth-order valence-corrected chi connectivity index (χ4v) is 2.54. The van der Waals surface area contributed by atoms with Crippen LogP contribution < -0.4 is 10.9 Å². The highest BCUT2D eigenvalue weighted by Crippen LogP contribution is 2.18. The topological polar surface area (TPSA) is 94.5 Å². The van der Waals surface area contributed by atoms with E-state index in [-0.39, 0.29) is 12.1 Å². The van der Waals surface area contributed by atoms with Crippen molar-refractivity contribution in [2.45, 2.75) is 6.54 Å². The lowest BCUT2D eigenvalue weighted by Gasteiger charge is -2.14. The van der Waals surface area contributed by atoms with Crippen LogP contribution >= 0.6 is 0 Å². The van der Waals surface area contributed by atoms with E-state index in [0.717, 1.165) is 11.1 Å². The summed E-state index contributed by atoms with van der Waals surface area (Å²) in [5.41, 5.74) is 2.50. The maximum atomic E-state index is 12.7. The number of hydrogen-bond acceptors (Lipinski definition) is 5. The number of nitrogens with zero attached hydrogens (tertiary/aromatic N) is 4. The molecular formula is C20H15N5O. The molecule has 1 aromatic heterocycles. The van der Waals surface area contributed by atoms with Gasteiger partial charge in [0.15, 0.2) is 0 Å². The molecule has 0 saturated carbocycles. The maximum Gasteiger partial charge on any atom is 0.255 e. The van der Waals surface area contributed by atoms with Crippen LogP contribution in [-0.4, -0.2) is 16.1 Å². The first kappa shape index (κ1) is 16.9. The molecule has 3 rings (SSSR count). The molecule has 26 heavy (non-hydrogen) atoms. The molecule has 0 saturated heterocycles. The molecule has 0 bridgehead atoms. The molecule has 1 N–H and O–H groups in total. The first-order valence-electron chi connectivity index (χ1n) is 7.98. The molecule has 0 atom stereocenters. The molecule has 0 spiro atoms. The van der Waals surface area contributed by atoms with Crippen molar-refractivity contribution in [1.29, 1.82) is 10.5 Å². The van der Waals surface area contributed by atoms with Crippen molar-refractivity contribution in [3.8, 4) is 23.4 Å². The SMILES string of the molecule is N#CCNc1nc(-c2ccc(C#N)cc2)cc(=O)n1Cc1ccccc1. The summed E-state index contributed by atoms with van der Waals surface area (Å²) in [6.07, 6.45) is 0. The van der Waals surface area contributed by atoms with E-state index in [1.54, 1.807) is 24.3 Å². The zero-order valence-electron chi connectivity index (χ0n) is 13.9. The van der Waals surface area contributed by atoms with Gasteiger partial charge in [-0.1, -0.05) is 42.5 Å². The lowest BCUT2D eigenvalue weighted by Crippen LogP contribution is -2.25. The second-order valence-corrected chi connectivity index (χ2v) is 5.58. The van der Waals surface area contributed by atoms with Crippen LogP contribution in [0.1, 0.15) is 11.1 Å². The van der Waals surface area contributed by atoms with Gasteiger partial charge in [0.2, 0.25) is 5.95 Å². The van der Waals surface area contributed by atoms with Gasteiger partial charge in [0, 0.05) is 11.6 Å². The number of hydrogen-bond donors (Lipinski definition) is 1. The third-order valence-corrected chi connectivity index (χ3v) is 3.83. The molecule has 0 fully saturated rings. The second kappa shape index (κ2) is 7.78. The van der Waals surface area contributed by atoms with Crippen molar-refractivity contribution in [2.24, 2.45) is 0 Å². The highest BCUT2D eigenvalue weighted by Gasteiger charge is 2.11. The predicted octanol–water partition coefficient (Wildman–Crippen LogP) is 2.77. The Morgan fingerprint density at radius 2 is 1.77 bits per heavy atom. The van der Waals surface area contributed by atoms with Crippen LogP contribution in [0.15, 0.2) is 65.5 Å². The Labute approximate surface area is 150 Å². The molecular weight excluding hydrogens is 326 g/mol. The molecule has 0 amide bonds. The largest absolute Gasteiger partial charge is 0.342 e. The van der Waals surface area contributed by atoms with Crippen LogP contribution in [0.2, 0.25) is 0 Å². The molecule has 0 radical (unpaired) electrons. The molecule has 0 aliphatic heterocycles. The van der Waals surface area contributed by atoms with Gasteiger partial charge in [-0.2, -0.15) is 10.5 Å². The molecule has 2 aromatic carbocycles. The van der Waals surface area contributed by atoms with E-state index in [4.69, 9.17) is 10.5 Å². The van der Waals surface area contributed by atoms with Crippen molar-refractivity contribution >= 4 is 5.95 Å². The van der Waals surface area contributed by atoms with Crippen LogP contribution in [0.5, 0.6) is 0 Å². The zero-order valence-corrected chi connectivity index (χ0v) is 13.9. The van der Waals surface area contributed by atoms with E-state index in [9.17, 15) is 4.79 Å². The monoisotopic (exact) mass is 341 g/mol. The molecule has 0 aliphatic rings. The predicted molar refractivity (Wildman–Crippen MR) is 98.3 cm³/mol. The minimum atomic E-state index is -0.219. The second-order valence-electron chi connectivity index (χ2n) is 5.58. The van der Waals surface area contributed by atoms with Gasteiger partial charge in [0.05, 0.1) is 29.9 Å². The minimum absolute atomic E-state index is 0.0397. The standard InChI is InChI=1S/C20H15N5O/c21-10-11-23-20-24-18(17-8-6-15(13-22)7-9-17)12-19(26)25(20)14-16-4-2-1-3-5-16/h1-9,12H,11,14H2,(H,23,24). The van der Waals surface area contributed by atoms with Crippen molar-refractivity contribution in [3.05, 3.63) is 82.1 Å². The molecule has 3 aromatic rings. The third kappa shape index (κ3) is 3.77. The lowest BCUT2D eigenvalue weighted by atomic mass is 10.1. The van der Waals surface area contributed by atoms with Gasteiger partial charge in [0.25, 0.3) is 5.56 Å². The Morgan fingerprint density at radius 1 is 1.04 bits per heavy atom. The smallest absolute Gasteiger partial charge is 0.255 e. The number of nitriles is 2. The Balaban J connectivity index is 2.03. The fraction of sp³-hybridized carbons (Fsp3) is 0.100. The number of benzene rings is 2. The Hall–Kier alpha value is -3.90. The number of aromatic nitrogens is 2. The normalized spacial score (nSPS) is 9.92. The van der Waals surface area contributed by atoms with E-state index >= 15 is 0 Å². The summed E-state index contributed by atoms with van der Waals surface area (Å²) >= 11 is 0. The van der Waals surface area contributed by atoms with Gasteiger partial charge < -0.3 is 5.32 Å². The quantitative estimate of drug-likeness (QED) is 0.720. The molecule has 1 heterocycles. The minimum Gasteiger partial charge on any atom is -0.342 e. The van der Waals surface area contributed by atoms with Crippen molar-refractivity contribution in [2.75, 3.05) is 11.9 Å². The Morgan fingerprint density at radius 3 is 2.42 bits per heavy atom. The van der Waals surface area contributed by atoms with Gasteiger partial charge in [-0.3, -0.25) is 9.36 Å². The first-order valence-corrected chi connectivity index (χ1v) is 7.98. The summed E-state index contributed by atoms with van der Waals surface area (Å²) in [6, 6.07) is 21.9. The zero-order chi connectivity index (χ0) is 18.4. The van der Waals surface area contributed by atoms with Crippen LogP contribution in [0.4, 0.5) is 5.95 Å². The number of rotatable bonds is 5. The van der Waals surface area contributed by atoms with Gasteiger partial charge in [-0.05, 0) is 17.7 Å². The van der Waals surface area contributed by atoms with Gasteiger partial charge in [-0.15, -0.1) is 0 Å². The summed E-state index contributed by atoms with van der Waals surface area (Å²) in [5, 5.41) is 20.7. The molecule has 6 heteroatoms. The number of nitrogens with one attached hydrogen (secondary N) is 1. The summed E-state index contributed by atoms with van der Waals surface area (Å²) in [5.74, 6) is 0.335. The Bertz CT molecular complexity index is 1040. The van der Waals surface area contributed by atoms with E-state index < -0.39 is 0 Å². The van der Waals surface area contributed by atoms with Crippen LogP contribution in [0.3, 0.4) is 0 Å². The molecule has 0 aliphatic carbocycles. The van der Waals surface area contributed by atoms with Crippen molar-refractivity contribution < 1.29 is 0 Å². The van der Waals surface area contributed by atoms with E-state index in [0.29, 0.717) is 23.8 Å². The molecule has 126 valence electrons. The highest BCUT2D eigenvalue weighted by molar-refractivity contribution is 5.61. The van der Waals surface area contributed by atoms with Gasteiger partial charge >= 0.3 is 0 Å². The maximum absolute atomic E-state index is 12.7. The summed E-state index contributed by atoms with van der Waals surface area (Å²) < 4.78 is 1.50. The van der Waals surface area contributed by atoms with E-state index in [2.05, 4.69) is 16.4 Å². The average molecular weight is 341 g/mol. The third-order valence-electron chi connectivity index (χ3n) is 3.83. The first-order chi connectivity index (χ1) is 12.7. The van der Waals surface area contributed by atoms with Crippen LogP contribution in [-0.2, 0) is 6.54 Å². The van der Waals surface area contributed by atoms with E-state index in [1.807, 2.05) is 36.4 Å². The molecule has 6 nitrogen and oxygen atoms in total. The summed E-state index contributed by atoms with van der Waals surface area (Å²) in [6.45, 7) is 0.395. The van der Waals surface area contributed by atoms with Crippen molar-refractivity contribution in [1.82, 2.24) is 9.55 Å². The summed E-state index contributed by atoms with van der Waals surface area (Å²) in [7, 11) is 0. The number of anilines is 1. The van der Waals surface area contributed by atoms with Crippen LogP contribution in [0.25, 0.3) is 11.3 Å². The van der Waals surface area contributed by atoms with Gasteiger partial charge in [0.1, 0.15) is 6.54 Å². The average Bonchev–Trinajstić information content (AvgIpc) is 2.69. The molecule has 0 unspecified atom stereocenters. The van der Waals surface area contributed by atoms with E-state index in [1.165, 1.54) is 10.6 Å². The lowest BCUT2D eigenvalue weighted by molar-refractivity contribution is 0.745. The Kier molecular flexibility index (Phi) is 5.07. The van der Waals surface area contributed by atoms with Crippen LogP contribution in [0, 0.1) is 22.7 Å². The fourth-order valence-electron chi connectivity index (χ4n) is 2.54. The summed E-state index contributed by atoms with van der Waals surface area (Å²) in [4.78, 5) is 17.2.